The van der Waals surface area contributed by atoms with E-state index in [2.05, 4.69) is 5.32 Å². The quantitative estimate of drug-likeness (QED) is 0.779. The number of hydrogen-bond donors (Lipinski definition) is 1. The van der Waals surface area contributed by atoms with E-state index in [1.54, 1.807) is 44.7 Å². The van der Waals surface area contributed by atoms with Gasteiger partial charge in [-0.1, -0.05) is 17.7 Å². The van der Waals surface area contributed by atoms with Crippen molar-refractivity contribution in [2.24, 2.45) is 0 Å². The molecule has 0 bridgehead atoms. The maximum atomic E-state index is 12.9. The van der Waals surface area contributed by atoms with E-state index in [0.717, 1.165) is 11.1 Å². The number of piperazine rings is 1. The first kappa shape index (κ1) is 23.2. The molecule has 0 aromatic heterocycles. The van der Waals surface area contributed by atoms with E-state index in [9.17, 15) is 18.0 Å². The van der Waals surface area contributed by atoms with Crippen molar-refractivity contribution in [3.8, 4) is 0 Å². The van der Waals surface area contributed by atoms with Crippen molar-refractivity contribution in [2.45, 2.75) is 51.5 Å². The highest BCUT2D eigenvalue weighted by atomic mass is 32.2. The third kappa shape index (κ3) is 6.43. The zero-order chi connectivity index (χ0) is 21.8. The van der Waals surface area contributed by atoms with E-state index in [0.29, 0.717) is 18.0 Å². The first-order valence-electron chi connectivity index (χ1n) is 9.72. The van der Waals surface area contributed by atoms with Gasteiger partial charge in [0.2, 0.25) is 15.9 Å². The van der Waals surface area contributed by atoms with Gasteiger partial charge in [-0.05, 0) is 46.2 Å². The molecular weight excluding hydrogens is 394 g/mol. The van der Waals surface area contributed by atoms with Crippen molar-refractivity contribution in [2.75, 3.05) is 32.7 Å². The number of nitrogens with zero attached hydrogens (tertiary/aromatic N) is 2. The Hall–Kier alpha value is -2.13. The van der Waals surface area contributed by atoms with Crippen LogP contribution in [0.15, 0.2) is 23.1 Å². The highest BCUT2D eigenvalue weighted by Gasteiger charge is 2.31. The molecule has 29 heavy (non-hydrogen) atoms. The first-order chi connectivity index (χ1) is 13.4. The molecule has 2 amide bonds. The lowest BCUT2D eigenvalue weighted by atomic mass is 10.2. The van der Waals surface area contributed by atoms with Gasteiger partial charge in [-0.15, -0.1) is 0 Å². The minimum absolute atomic E-state index is 0.121. The van der Waals surface area contributed by atoms with Crippen LogP contribution in [0.3, 0.4) is 0 Å². The van der Waals surface area contributed by atoms with E-state index in [1.165, 1.54) is 4.31 Å². The number of sulfonamides is 1. The summed E-state index contributed by atoms with van der Waals surface area (Å²) >= 11 is 0. The lowest BCUT2D eigenvalue weighted by Gasteiger charge is -2.34. The Labute approximate surface area is 173 Å². The average Bonchev–Trinajstić information content (AvgIpc) is 2.59. The lowest BCUT2D eigenvalue weighted by molar-refractivity contribution is -0.132. The standard InChI is InChI=1S/C20H31N3O5S/c1-15-6-7-17(16(2)14-15)29(26,27)23-12-10-22(11-13-23)18(24)8-9-21-19(25)28-20(3,4)5/h6-7,14H,8-13H2,1-5H3,(H,21,25). The van der Waals surface area contributed by atoms with Crippen molar-refractivity contribution in [3.63, 3.8) is 0 Å². The maximum absolute atomic E-state index is 12.9. The van der Waals surface area contributed by atoms with Crippen LogP contribution in [0, 0.1) is 13.8 Å². The van der Waals surface area contributed by atoms with Crippen molar-refractivity contribution in [1.29, 1.82) is 0 Å². The second kappa shape index (κ2) is 9.13. The molecule has 0 atom stereocenters. The highest BCUT2D eigenvalue weighted by Crippen LogP contribution is 2.22. The molecule has 1 aliphatic rings. The Morgan fingerprint density at radius 1 is 1.10 bits per heavy atom. The third-order valence-electron chi connectivity index (χ3n) is 4.55. The van der Waals surface area contributed by atoms with Gasteiger partial charge in [0.15, 0.2) is 0 Å². The van der Waals surface area contributed by atoms with Gasteiger partial charge >= 0.3 is 6.09 Å². The highest BCUT2D eigenvalue weighted by molar-refractivity contribution is 7.89. The Morgan fingerprint density at radius 2 is 1.72 bits per heavy atom. The Bertz CT molecular complexity index is 853. The van der Waals surface area contributed by atoms with Gasteiger partial charge in [0.1, 0.15) is 5.60 Å². The molecule has 1 heterocycles. The summed E-state index contributed by atoms with van der Waals surface area (Å²) in [6.45, 7) is 10.3. The molecule has 0 unspecified atom stereocenters. The maximum Gasteiger partial charge on any atom is 0.407 e. The van der Waals surface area contributed by atoms with Crippen LogP contribution in [0.1, 0.15) is 38.3 Å². The SMILES string of the molecule is Cc1ccc(S(=O)(=O)N2CCN(C(=O)CCNC(=O)OC(C)(C)C)CC2)c(C)c1. The fourth-order valence-corrected chi connectivity index (χ4v) is 4.78. The number of rotatable bonds is 5. The van der Waals surface area contributed by atoms with Crippen LogP contribution in [-0.2, 0) is 19.6 Å². The summed E-state index contributed by atoms with van der Waals surface area (Å²) in [4.78, 5) is 25.9. The van der Waals surface area contributed by atoms with Crippen molar-refractivity contribution >= 4 is 22.0 Å². The molecule has 0 saturated carbocycles. The number of hydrogen-bond acceptors (Lipinski definition) is 5. The number of alkyl carbamates (subject to hydrolysis) is 1. The summed E-state index contributed by atoms with van der Waals surface area (Å²) in [5.74, 6) is -0.121. The summed E-state index contributed by atoms with van der Waals surface area (Å²) in [7, 11) is -3.58. The fraction of sp³-hybridized carbons (Fsp3) is 0.600. The second-order valence-electron chi connectivity index (χ2n) is 8.23. The molecule has 162 valence electrons. The third-order valence-corrected chi connectivity index (χ3v) is 6.61. The van der Waals surface area contributed by atoms with Crippen molar-refractivity contribution in [3.05, 3.63) is 29.3 Å². The van der Waals surface area contributed by atoms with E-state index >= 15 is 0 Å². The van der Waals surface area contributed by atoms with Crippen LogP contribution < -0.4 is 5.32 Å². The van der Waals surface area contributed by atoms with Gasteiger partial charge in [-0.3, -0.25) is 4.79 Å². The minimum Gasteiger partial charge on any atom is -0.444 e. The molecule has 0 radical (unpaired) electrons. The molecular formula is C20H31N3O5S. The zero-order valence-electron chi connectivity index (χ0n) is 17.8. The molecule has 1 aliphatic heterocycles. The number of nitrogens with one attached hydrogen (secondary N) is 1. The summed E-state index contributed by atoms with van der Waals surface area (Å²) in [5, 5.41) is 2.56. The van der Waals surface area contributed by atoms with E-state index in [-0.39, 0.29) is 32.0 Å². The number of carbonyl (C=O) groups excluding carboxylic acids is 2. The number of benzene rings is 1. The van der Waals surface area contributed by atoms with Crippen LogP contribution in [0.5, 0.6) is 0 Å². The minimum atomic E-state index is -3.58. The predicted molar refractivity (Wildman–Crippen MR) is 110 cm³/mol. The van der Waals surface area contributed by atoms with Crippen LogP contribution in [0.4, 0.5) is 4.79 Å². The number of amides is 2. The second-order valence-corrected chi connectivity index (χ2v) is 10.1. The van der Waals surface area contributed by atoms with Gasteiger partial charge in [0.05, 0.1) is 4.90 Å². The molecule has 0 spiro atoms. The number of ether oxygens (including phenoxy) is 1. The predicted octanol–water partition coefficient (Wildman–Crippen LogP) is 2.05. The summed E-state index contributed by atoms with van der Waals surface area (Å²) < 4.78 is 32.4. The Kier molecular flexibility index (Phi) is 7.29. The van der Waals surface area contributed by atoms with Crippen LogP contribution in [0.25, 0.3) is 0 Å². The Balaban J connectivity index is 1.85. The smallest absolute Gasteiger partial charge is 0.407 e. The largest absolute Gasteiger partial charge is 0.444 e. The van der Waals surface area contributed by atoms with Gasteiger partial charge < -0.3 is 15.0 Å². The molecule has 1 N–H and O–H groups in total. The monoisotopic (exact) mass is 425 g/mol. The summed E-state index contributed by atoms with van der Waals surface area (Å²) in [5.41, 5.74) is 1.14. The number of aryl methyl sites for hydroxylation is 2. The first-order valence-corrected chi connectivity index (χ1v) is 11.2. The molecule has 1 aromatic rings. The normalized spacial score (nSPS) is 15.8. The van der Waals surface area contributed by atoms with E-state index in [4.69, 9.17) is 4.74 Å². The van der Waals surface area contributed by atoms with Crippen LogP contribution >= 0.6 is 0 Å². The molecule has 8 nitrogen and oxygen atoms in total. The van der Waals surface area contributed by atoms with Gasteiger partial charge in [-0.2, -0.15) is 4.31 Å². The molecule has 0 aliphatic carbocycles. The lowest BCUT2D eigenvalue weighted by Crippen LogP contribution is -2.51. The van der Waals surface area contributed by atoms with E-state index in [1.807, 2.05) is 13.0 Å². The van der Waals surface area contributed by atoms with Gasteiger partial charge in [-0.25, -0.2) is 13.2 Å². The van der Waals surface area contributed by atoms with E-state index < -0.39 is 21.7 Å². The number of carbonyl (C=O) groups is 2. The van der Waals surface area contributed by atoms with Gasteiger partial charge in [0.25, 0.3) is 0 Å². The van der Waals surface area contributed by atoms with Crippen LogP contribution in [-0.4, -0.2) is 67.9 Å². The zero-order valence-corrected chi connectivity index (χ0v) is 18.6. The molecule has 2 rings (SSSR count). The summed E-state index contributed by atoms with van der Waals surface area (Å²) in [6, 6.07) is 5.28. The van der Waals surface area contributed by atoms with Crippen LogP contribution in [0.2, 0.25) is 0 Å². The average molecular weight is 426 g/mol. The fourth-order valence-electron chi connectivity index (χ4n) is 3.15. The molecule has 1 aromatic carbocycles. The topological polar surface area (TPSA) is 96.0 Å². The molecule has 9 heteroatoms. The van der Waals surface area contributed by atoms with Crippen molar-refractivity contribution in [1.82, 2.24) is 14.5 Å². The van der Waals surface area contributed by atoms with Crippen molar-refractivity contribution < 1.29 is 22.7 Å². The molecule has 1 fully saturated rings. The Morgan fingerprint density at radius 3 is 2.28 bits per heavy atom. The molecule has 1 saturated heterocycles. The summed E-state index contributed by atoms with van der Waals surface area (Å²) in [6.07, 6.45) is -0.419. The van der Waals surface area contributed by atoms with Gasteiger partial charge in [0, 0.05) is 39.1 Å².